The molecule has 0 spiro atoms. The highest BCUT2D eigenvalue weighted by Gasteiger charge is 2.16. The third kappa shape index (κ3) is 5.52. The second-order valence-electron chi connectivity index (χ2n) is 4.05. The Morgan fingerprint density at radius 3 is 2.82 bits per heavy atom. The van der Waals surface area contributed by atoms with Gasteiger partial charge in [-0.1, -0.05) is 13.0 Å². The first-order chi connectivity index (χ1) is 7.65. The third-order valence-corrected chi connectivity index (χ3v) is 3.52. The molecular formula is C12H21ClN2OS. The van der Waals surface area contributed by atoms with Gasteiger partial charge in [0.1, 0.15) is 0 Å². The van der Waals surface area contributed by atoms with Crippen LogP contribution in [-0.4, -0.2) is 38.0 Å². The molecule has 0 aliphatic heterocycles. The van der Waals surface area contributed by atoms with E-state index < -0.39 is 0 Å². The average Bonchev–Trinajstić information content (AvgIpc) is 2.78. The summed E-state index contributed by atoms with van der Waals surface area (Å²) in [5, 5.41) is 5.10. The Kier molecular flexibility index (Phi) is 8.21. The number of rotatable bonds is 6. The molecule has 0 bridgehead atoms. The molecule has 0 saturated heterocycles. The van der Waals surface area contributed by atoms with Crippen molar-refractivity contribution in [2.75, 3.05) is 27.2 Å². The Hall–Kier alpha value is -0.580. The van der Waals surface area contributed by atoms with Crippen LogP contribution in [0.1, 0.15) is 11.8 Å². The number of halogens is 1. The summed E-state index contributed by atoms with van der Waals surface area (Å²) in [5.41, 5.74) is 0. The van der Waals surface area contributed by atoms with Crippen LogP contribution in [-0.2, 0) is 11.2 Å². The highest BCUT2D eigenvalue weighted by atomic mass is 35.5. The lowest BCUT2D eigenvalue weighted by Gasteiger charge is -2.20. The summed E-state index contributed by atoms with van der Waals surface area (Å²) in [6.45, 7) is 3.50. The van der Waals surface area contributed by atoms with Crippen molar-refractivity contribution in [1.82, 2.24) is 10.2 Å². The van der Waals surface area contributed by atoms with Crippen LogP contribution in [0.5, 0.6) is 0 Å². The maximum Gasteiger partial charge on any atom is 0.226 e. The van der Waals surface area contributed by atoms with E-state index in [4.69, 9.17) is 0 Å². The summed E-state index contributed by atoms with van der Waals surface area (Å²) in [6, 6.07) is 4.16. The summed E-state index contributed by atoms with van der Waals surface area (Å²) in [7, 11) is 3.75. The van der Waals surface area contributed by atoms with Crippen molar-refractivity contribution in [3.63, 3.8) is 0 Å². The highest BCUT2D eigenvalue weighted by Crippen LogP contribution is 2.10. The van der Waals surface area contributed by atoms with Gasteiger partial charge in [-0.3, -0.25) is 4.79 Å². The smallest absolute Gasteiger partial charge is 0.226 e. The van der Waals surface area contributed by atoms with Crippen LogP contribution in [0.25, 0.3) is 0 Å². The van der Waals surface area contributed by atoms with Crippen molar-refractivity contribution in [2.24, 2.45) is 5.92 Å². The topological polar surface area (TPSA) is 32.3 Å². The first kappa shape index (κ1) is 16.4. The van der Waals surface area contributed by atoms with E-state index in [1.165, 1.54) is 4.88 Å². The molecule has 98 valence electrons. The van der Waals surface area contributed by atoms with E-state index in [0.29, 0.717) is 0 Å². The van der Waals surface area contributed by atoms with Gasteiger partial charge < -0.3 is 10.2 Å². The molecule has 0 aliphatic carbocycles. The number of hydrogen-bond donors (Lipinski definition) is 1. The zero-order chi connectivity index (χ0) is 12.0. The average molecular weight is 277 g/mol. The molecule has 0 aliphatic rings. The van der Waals surface area contributed by atoms with Gasteiger partial charge in [0.05, 0.1) is 0 Å². The number of likely N-dealkylation sites (N-methyl/N-ethyl adjacent to an activating group) is 1. The van der Waals surface area contributed by atoms with Crippen LogP contribution >= 0.6 is 23.7 Å². The molecule has 1 unspecified atom stereocenters. The number of thiophene rings is 1. The molecule has 0 aromatic carbocycles. The number of amides is 1. The van der Waals surface area contributed by atoms with Gasteiger partial charge in [-0.15, -0.1) is 23.7 Å². The minimum Gasteiger partial charge on any atom is -0.345 e. The Balaban J connectivity index is 0.00000256. The van der Waals surface area contributed by atoms with Gasteiger partial charge in [-0.25, -0.2) is 0 Å². The molecule has 1 atom stereocenters. The van der Waals surface area contributed by atoms with Crippen molar-refractivity contribution < 1.29 is 4.79 Å². The molecule has 1 N–H and O–H groups in total. The number of nitrogens with zero attached hydrogens (tertiary/aromatic N) is 1. The zero-order valence-corrected chi connectivity index (χ0v) is 12.2. The van der Waals surface area contributed by atoms with Crippen LogP contribution in [0, 0.1) is 5.92 Å². The van der Waals surface area contributed by atoms with Crippen LogP contribution in [0.2, 0.25) is 0 Å². The molecule has 1 amide bonds. The zero-order valence-electron chi connectivity index (χ0n) is 10.6. The highest BCUT2D eigenvalue weighted by molar-refractivity contribution is 7.09. The Morgan fingerprint density at radius 2 is 2.29 bits per heavy atom. The van der Waals surface area contributed by atoms with Gasteiger partial charge in [0.25, 0.3) is 0 Å². The van der Waals surface area contributed by atoms with E-state index in [-0.39, 0.29) is 24.2 Å². The fraction of sp³-hybridized carbons (Fsp3) is 0.583. The van der Waals surface area contributed by atoms with Crippen molar-refractivity contribution in [2.45, 2.75) is 13.3 Å². The third-order valence-electron chi connectivity index (χ3n) is 2.58. The summed E-state index contributed by atoms with van der Waals surface area (Å²) in [5.74, 6) is 0.268. The molecular weight excluding hydrogens is 256 g/mol. The van der Waals surface area contributed by atoms with Gasteiger partial charge in [0.2, 0.25) is 5.91 Å². The normalized spacial score (nSPS) is 11.7. The number of nitrogens with one attached hydrogen (secondary N) is 1. The van der Waals surface area contributed by atoms with Crippen LogP contribution in [0.15, 0.2) is 17.5 Å². The van der Waals surface area contributed by atoms with Crippen molar-refractivity contribution in [1.29, 1.82) is 0 Å². The molecule has 0 radical (unpaired) electrons. The van der Waals surface area contributed by atoms with Gasteiger partial charge in [-0.2, -0.15) is 0 Å². The predicted molar refractivity (Wildman–Crippen MR) is 76.0 cm³/mol. The fourth-order valence-electron chi connectivity index (χ4n) is 1.61. The summed E-state index contributed by atoms with van der Waals surface area (Å²) < 4.78 is 0. The van der Waals surface area contributed by atoms with Gasteiger partial charge in [0.15, 0.2) is 0 Å². The van der Waals surface area contributed by atoms with Crippen LogP contribution in [0.4, 0.5) is 0 Å². The second-order valence-corrected chi connectivity index (χ2v) is 5.08. The van der Waals surface area contributed by atoms with Crippen LogP contribution in [0.3, 0.4) is 0 Å². The van der Waals surface area contributed by atoms with E-state index in [1.807, 2.05) is 32.0 Å². The van der Waals surface area contributed by atoms with E-state index in [2.05, 4.69) is 16.8 Å². The molecule has 1 aromatic rings. The summed E-state index contributed by atoms with van der Waals surface area (Å²) in [4.78, 5) is 15.0. The number of carbonyl (C=O) groups excluding carboxylic acids is 1. The SMILES string of the molecule is CNCC(C)C(=O)N(C)CCc1cccs1.Cl. The largest absolute Gasteiger partial charge is 0.345 e. The second kappa shape index (κ2) is 8.50. The van der Waals surface area contributed by atoms with Gasteiger partial charge in [-0.05, 0) is 24.9 Å². The van der Waals surface area contributed by atoms with E-state index in [9.17, 15) is 4.79 Å². The molecule has 1 heterocycles. The quantitative estimate of drug-likeness (QED) is 0.862. The number of hydrogen-bond acceptors (Lipinski definition) is 3. The van der Waals surface area contributed by atoms with Crippen LogP contribution < -0.4 is 5.32 Å². The molecule has 5 heteroatoms. The summed E-state index contributed by atoms with van der Waals surface area (Å²) in [6.07, 6.45) is 0.951. The number of carbonyl (C=O) groups is 1. The molecule has 3 nitrogen and oxygen atoms in total. The van der Waals surface area contributed by atoms with Crippen molar-refractivity contribution in [3.05, 3.63) is 22.4 Å². The Labute approximate surface area is 114 Å². The first-order valence-corrected chi connectivity index (χ1v) is 6.45. The maximum absolute atomic E-state index is 11.9. The standard InChI is InChI=1S/C12H20N2OS.ClH/c1-10(9-13-2)12(15)14(3)7-6-11-5-4-8-16-11;/h4-5,8,10,13H,6-7,9H2,1-3H3;1H. The van der Waals surface area contributed by atoms with E-state index in [0.717, 1.165) is 19.5 Å². The minimum atomic E-state index is 0. The van der Waals surface area contributed by atoms with E-state index in [1.54, 1.807) is 11.3 Å². The summed E-state index contributed by atoms with van der Waals surface area (Å²) >= 11 is 1.74. The van der Waals surface area contributed by atoms with E-state index >= 15 is 0 Å². The molecule has 0 saturated carbocycles. The fourth-order valence-corrected chi connectivity index (χ4v) is 2.31. The predicted octanol–water partition coefficient (Wildman–Crippen LogP) is 2.03. The lowest BCUT2D eigenvalue weighted by Crippen LogP contribution is -2.36. The van der Waals surface area contributed by atoms with Gasteiger partial charge >= 0.3 is 0 Å². The lowest BCUT2D eigenvalue weighted by atomic mass is 10.1. The molecule has 1 rings (SSSR count). The molecule has 0 fully saturated rings. The maximum atomic E-state index is 11.9. The minimum absolute atomic E-state index is 0. The Morgan fingerprint density at radius 1 is 1.59 bits per heavy atom. The van der Waals surface area contributed by atoms with Crippen molar-refractivity contribution >= 4 is 29.7 Å². The monoisotopic (exact) mass is 276 g/mol. The Bertz CT molecular complexity index is 316. The van der Waals surface area contributed by atoms with Crippen molar-refractivity contribution in [3.8, 4) is 0 Å². The first-order valence-electron chi connectivity index (χ1n) is 5.57. The molecule has 17 heavy (non-hydrogen) atoms. The molecule has 1 aromatic heterocycles. The lowest BCUT2D eigenvalue weighted by molar-refractivity contribution is -0.133. The van der Waals surface area contributed by atoms with Gasteiger partial charge in [0, 0.05) is 30.9 Å².